The van der Waals surface area contributed by atoms with Gasteiger partial charge in [0.1, 0.15) is 0 Å². The lowest BCUT2D eigenvalue weighted by Crippen LogP contribution is -2.18. The number of halogens is 3. The van der Waals surface area contributed by atoms with E-state index in [0.717, 1.165) is 0 Å². The van der Waals surface area contributed by atoms with E-state index in [1.165, 1.54) is 22.9 Å². The van der Waals surface area contributed by atoms with Crippen molar-refractivity contribution in [3.63, 3.8) is 0 Å². The quantitative estimate of drug-likeness (QED) is 0.895. The topological polar surface area (TPSA) is 40.2 Å². The van der Waals surface area contributed by atoms with Crippen molar-refractivity contribution in [2.24, 2.45) is 0 Å². The van der Waals surface area contributed by atoms with Gasteiger partial charge >= 0.3 is 6.36 Å². The van der Waals surface area contributed by atoms with Crippen LogP contribution in [-0.4, -0.2) is 10.9 Å². The van der Waals surface area contributed by atoms with Crippen molar-refractivity contribution in [3.05, 3.63) is 42.2 Å². The molecule has 0 spiro atoms. The molecule has 1 aromatic carbocycles. The summed E-state index contributed by atoms with van der Waals surface area (Å²) in [5, 5.41) is 0. The minimum absolute atomic E-state index is 0.252. The Hall–Kier alpha value is -2.11. The van der Waals surface area contributed by atoms with Gasteiger partial charge in [-0.25, -0.2) is 0 Å². The summed E-state index contributed by atoms with van der Waals surface area (Å²) in [6.07, 6.45) is -1.60. The third kappa shape index (κ3) is 2.58. The summed E-state index contributed by atoms with van der Waals surface area (Å²) in [6, 6.07) is 6.08. The number of para-hydroxylation sites is 1. The van der Waals surface area contributed by atoms with E-state index in [9.17, 15) is 13.2 Å². The molecule has 2 aromatic rings. The van der Waals surface area contributed by atoms with Crippen LogP contribution >= 0.6 is 0 Å². The van der Waals surface area contributed by atoms with E-state index in [4.69, 9.17) is 5.73 Å². The van der Waals surface area contributed by atoms with E-state index in [1.807, 2.05) is 0 Å². The van der Waals surface area contributed by atoms with Crippen molar-refractivity contribution in [1.29, 1.82) is 0 Å². The van der Waals surface area contributed by atoms with Crippen molar-refractivity contribution in [3.8, 4) is 11.4 Å². The predicted octanol–water partition coefficient (Wildman–Crippen LogP) is 3.27. The second-order valence-electron chi connectivity index (χ2n) is 3.82. The first-order valence-corrected chi connectivity index (χ1v) is 5.16. The summed E-state index contributed by atoms with van der Waals surface area (Å²) in [6.45, 7) is 1.70. The molecule has 0 radical (unpaired) electrons. The van der Waals surface area contributed by atoms with Crippen LogP contribution in [0.1, 0.15) is 5.56 Å². The number of nitrogen functional groups attached to an aromatic ring is 1. The molecule has 0 atom stereocenters. The average Bonchev–Trinajstić information content (AvgIpc) is 2.62. The van der Waals surface area contributed by atoms with E-state index in [-0.39, 0.29) is 5.75 Å². The lowest BCUT2D eigenvalue weighted by molar-refractivity contribution is -0.274. The monoisotopic (exact) mass is 256 g/mol. The van der Waals surface area contributed by atoms with Gasteiger partial charge in [0.15, 0.2) is 5.75 Å². The highest BCUT2D eigenvalue weighted by Gasteiger charge is 2.32. The number of aryl methyl sites for hydroxylation is 1. The number of benzene rings is 1. The van der Waals surface area contributed by atoms with Crippen LogP contribution in [0.5, 0.6) is 5.75 Å². The minimum Gasteiger partial charge on any atom is -0.404 e. The number of alkyl halides is 3. The molecular weight excluding hydrogens is 245 g/mol. The predicted molar refractivity (Wildman–Crippen MR) is 61.6 cm³/mol. The Morgan fingerprint density at radius 3 is 2.50 bits per heavy atom. The molecule has 1 heterocycles. The van der Waals surface area contributed by atoms with Crippen LogP contribution in [0.2, 0.25) is 0 Å². The van der Waals surface area contributed by atoms with E-state index in [1.54, 1.807) is 25.3 Å². The standard InChI is InChI=1S/C12H11F3N2O/c1-8-3-2-4-10(18-12(13,14)15)11(8)17-6-5-9(16)7-17/h2-7H,16H2,1H3. The Morgan fingerprint density at radius 1 is 1.22 bits per heavy atom. The molecular formula is C12H11F3N2O. The fourth-order valence-corrected chi connectivity index (χ4v) is 1.72. The van der Waals surface area contributed by atoms with Crippen LogP contribution in [0.15, 0.2) is 36.7 Å². The number of nitrogens with zero attached hydrogens (tertiary/aromatic N) is 1. The highest BCUT2D eigenvalue weighted by atomic mass is 19.4. The Morgan fingerprint density at radius 2 is 1.94 bits per heavy atom. The van der Waals surface area contributed by atoms with Crippen LogP contribution in [0, 0.1) is 6.92 Å². The Labute approximate surface area is 102 Å². The maximum absolute atomic E-state index is 12.3. The summed E-state index contributed by atoms with van der Waals surface area (Å²) in [4.78, 5) is 0. The molecule has 0 fully saturated rings. The highest BCUT2D eigenvalue weighted by Crippen LogP contribution is 2.31. The first-order chi connectivity index (χ1) is 8.37. The van der Waals surface area contributed by atoms with Gasteiger partial charge in [-0.3, -0.25) is 0 Å². The Balaban J connectivity index is 2.51. The van der Waals surface area contributed by atoms with Gasteiger partial charge in [0.25, 0.3) is 0 Å². The lowest BCUT2D eigenvalue weighted by Gasteiger charge is -2.15. The van der Waals surface area contributed by atoms with Crippen molar-refractivity contribution in [2.75, 3.05) is 5.73 Å². The zero-order valence-electron chi connectivity index (χ0n) is 9.53. The normalized spacial score (nSPS) is 11.6. The second-order valence-corrected chi connectivity index (χ2v) is 3.82. The highest BCUT2D eigenvalue weighted by molar-refractivity contribution is 5.54. The molecule has 0 bridgehead atoms. The third-order valence-electron chi connectivity index (χ3n) is 2.40. The molecule has 0 unspecified atom stereocenters. The maximum atomic E-state index is 12.3. The van der Waals surface area contributed by atoms with Crippen LogP contribution in [-0.2, 0) is 0 Å². The molecule has 0 aliphatic heterocycles. The zero-order chi connectivity index (χ0) is 13.3. The largest absolute Gasteiger partial charge is 0.573 e. The fraction of sp³-hybridized carbons (Fsp3) is 0.167. The summed E-state index contributed by atoms with van der Waals surface area (Å²) in [5.74, 6) is -0.252. The van der Waals surface area contributed by atoms with Crippen molar-refractivity contribution < 1.29 is 17.9 Å². The van der Waals surface area contributed by atoms with Gasteiger partial charge < -0.3 is 15.0 Å². The molecule has 1 aromatic heterocycles. The van der Waals surface area contributed by atoms with Gasteiger partial charge in [-0.15, -0.1) is 13.2 Å². The van der Waals surface area contributed by atoms with Gasteiger partial charge in [0.2, 0.25) is 0 Å². The molecule has 18 heavy (non-hydrogen) atoms. The number of rotatable bonds is 2. The van der Waals surface area contributed by atoms with E-state index >= 15 is 0 Å². The van der Waals surface area contributed by atoms with Crippen LogP contribution in [0.4, 0.5) is 18.9 Å². The molecule has 6 heteroatoms. The smallest absolute Gasteiger partial charge is 0.404 e. The molecule has 0 aliphatic carbocycles. The first kappa shape index (κ1) is 12.3. The molecule has 96 valence electrons. The molecule has 2 N–H and O–H groups in total. The lowest BCUT2D eigenvalue weighted by atomic mass is 10.2. The van der Waals surface area contributed by atoms with Gasteiger partial charge in [-0.2, -0.15) is 0 Å². The molecule has 3 nitrogen and oxygen atoms in total. The number of anilines is 1. The van der Waals surface area contributed by atoms with E-state index < -0.39 is 6.36 Å². The number of hydrogen-bond acceptors (Lipinski definition) is 2. The van der Waals surface area contributed by atoms with Gasteiger partial charge in [0.05, 0.1) is 5.69 Å². The summed E-state index contributed by atoms with van der Waals surface area (Å²) < 4.78 is 42.5. The molecule has 0 aliphatic rings. The molecule has 0 saturated heterocycles. The zero-order valence-corrected chi connectivity index (χ0v) is 9.53. The van der Waals surface area contributed by atoms with Gasteiger partial charge in [0, 0.05) is 18.1 Å². The minimum atomic E-state index is -4.72. The van der Waals surface area contributed by atoms with E-state index in [2.05, 4.69) is 4.74 Å². The van der Waals surface area contributed by atoms with E-state index in [0.29, 0.717) is 16.9 Å². The van der Waals surface area contributed by atoms with Crippen molar-refractivity contribution in [1.82, 2.24) is 4.57 Å². The van der Waals surface area contributed by atoms with Crippen molar-refractivity contribution >= 4 is 5.69 Å². The average molecular weight is 256 g/mol. The van der Waals surface area contributed by atoms with Gasteiger partial charge in [-0.05, 0) is 24.6 Å². The number of nitrogens with two attached hydrogens (primary N) is 1. The maximum Gasteiger partial charge on any atom is 0.573 e. The molecule has 0 amide bonds. The second kappa shape index (κ2) is 4.29. The number of ether oxygens (including phenoxy) is 1. The van der Waals surface area contributed by atoms with Crippen LogP contribution < -0.4 is 10.5 Å². The summed E-state index contributed by atoms with van der Waals surface area (Å²) >= 11 is 0. The molecule has 0 saturated carbocycles. The number of hydrogen-bond donors (Lipinski definition) is 1. The summed E-state index contributed by atoms with van der Waals surface area (Å²) in [7, 11) is 0. The van der Waals surface area contributed by atoms with Gasteiger partial charge in [-0.1, -0.05) is 12.1 Å². The first-order valence-electron chi connectivity index (χ1n) is 5.16. The third-order valence-corrected chi connectivity index (χ3v) is 2.40. The Bertz CT molecular complexity index is 561. The van der Waals surface area contributed by atoms with Crippen molar-refractivity contribution in [2.45, 2.75) is 13.3 Å². The summed E-state index contributed by atoms with van der Waals surface area (Å²) in [5.41, 5.74) is 7.01. The molecule has 2 rings (SSSR count). The fourth-order valence-electron chi connectivity index (χ4n) is 1.72. The van der Waals surface area contributed by atoms with Crippen LogP contribution in [0.25, 0.3) is 5.69 Å². The number of aromatic nitrogens is 1. The van der Waals surface area contributed by atoms with Crippen LogP contribution in [0.3, 0.4) is 0 Å². The Kier molecular flexibility index (Phi) is 2.94. The SMILES string of the molecule is Cc1cccc(OC(F)(F)F)c1-n1ccc(N)c1.